The number of rotatable bonds is 5. The molecule has 2 amide bonds. The predicted molar refractivity (Wildman–Crippen MR) is 74.5 cm³/mol. The lowest BCUT2D eigenvalue weighted by Crippen LogP contribution is -2.53. The minimum atomic E-state index is -1.10. The molecule has 1 aliphatic heterocycles. The molecule has 114 valence electrons. The van der Waals surface area contributed by atoms with E-state index in [1.54, 1.807) is 17.0 Å². The summed E-state index contributed by atoms with van der Waals surface area (Å²) in [6.07, 6.45) is 1.06. The molecule has 1 aromatic carbocycles. The molecule has 7 nitrogen and oxygen atoms in total. The van der Waals surface area contributed by atoms with E-state index in [4.69, 9.17) is 4.74 Å². The van der Waals surface area contributed by atoms with Crippen LogP contribution in [0.25, 0.3) is 0 Å². The molecule has 0 saturated carbocycles. The van der Waals surface area contributed by atoms with Gasteiger partial charge in [-0.15, -0.1) is 0 Å². The van der Waals surface area contributed by atoms with Gasteiger partial charge in [0.05, 0.1) is 7.11 Å². The number of nitrogens with zero attached hydrogens (tertiary/aromatic N) is 1. The molecule has 0 aromatic heterocycles. The van der Waals surface area contributed by atoms with Crippen molar-refractivity contribution in [1.29, 1.82) is 0 Å². The monoisotopic (exact) mass is 294 g/mol. The van der Waals surface area contributed by atoms with Gasteiger partial charge in [0.25, 0.3) is 0 Å². The molecular formula is C14H18N2O5. The highest BCUT2D eigenvalue weighted by Gasteiger charge is 2.26. The third-order valence-electron chi connectivity index (χ3n) is 3.42. The van der Waals surface area contributed by atoms with Gasteiger partial charge in [-0.2, -0.15) is 0 Å². The number of nitrogens with one attached hydrogen (secondary N) is 1. The number of aromatic hydroxyl groups is 1. The second kappa shape index (κ2) is 6.34. The number of carbonyl (C=O) groups excluding carboxylic acids is 1. The standard InChI is InChI=1S/C14H18N2O5/c1-21-12-8-9(3-4-11(12)17)7-10(13(18)19)15-14(20)16-5-2-6-16/h3-4,8,10,17H,2,5-7H2,1H3,(H,15,20)(H,18,19). The third-order valence-corrected chi connectivity index (χ3v) is 3.42. The minimum Gasteiger partial charge on any atom is -0.504 e. The number of phenols is 1. The zero-order valence-corrected chi connectivity index (χ0v) is 11.7. The number of benzene rings is 1. The minimum absolute atomic E-state index is 0.0160. The smallest absolute Gasteiger partial charge is 0.326 e. The topological polar surface area (TPSA) is 99.1 Å². The number of carboxylic acids is 1. The van der Waals surface area contributed by atoms with Crippen LogP contribution in [0.2, 0.25) is 0 Å². The summed E-state index contributed by atoms with van der Waals surface area (Å²) in [7, 11) is 1.42. The molecule has 0 spiro atoms. The Labute approximate surface area is 122 Å². The maximum Gasteiger partial charge on any atom is 0.326 e. The van der Waals surface area contributed by atoms with Gasteiger partial charge in [0.1, 0.15) is 6.04 Å². The van der Waals surface area contributed by atoms with Crippen LogP contribution in [0.3, 0.4) is 0 Å². The average Bonchev–Trinajstić information content (AvgIpc) is 2.37. The largest absolute Gasteiger partial charge is 0.504 e. The van der Waals surface area contributed by atoms with Crippen molar-refractivity contribution in [1.82, 2.24) is 10.2 Å². The predicted octanol–water partition coefficient (Wildman–Crippen LogP) is 0.812. The van der Waals surface area contributed by atoms with E-state index in [2.05, 4.69) is 5.32 Å². The molecule has 1 heterocycles. The molecule has 1 aliphatic rings. The molecule has 1 unspecified atom stereocenters. The van der Waals surface area contributed by atoms with Crippen LogP contribution in [0, 0.1) is 0 Å². The molecular weight excluding hydrogens is 276 g/mol. The fourth-order valence-corrected chi connectivity index (χ4v) is 2.04. The molecule has 1 saturated heterocycles. The quantitative estimate of drug-likeness (QED) is 0.746. The number of methoxy groups -OCH3 is 1. The molecule has 3 N–H and O–H groups in total. The van der Waals surface area contributed by atoms with Crippen molar-refractivity contribution < 1.29 is 24.5 Å². The number of hydrogen-bond donors (Lipinski definition) is 3. The Hall–Kier alpha value is -2.44. The molecule has 1 fully saturated rings. The lowest BCUT2D eigenvalue weighted by molar-refractivity contribution is -0.139. The molecule has 7 heteroatoms. The van der Waals surface area contributed by atoms with Gasteiger partial charge in [0.15, 0.2) is 11.5 Å². The first kappa shape index (κ1) is 15.0. The van der Waals surface area contributed by atoms with Crippen molar-refractivity contribution in [3.8, 4) is 11.5 Å². The summed E-state index contributed by atoms with van der Waals surface area (Å²) < 4.78 is 4.98. The molecule has 0 bridgehead atoms. The van der Waals surface area contributed by atoms with Gasteiger partial charge < -0.3 is 25.2 Å². The summed E-state index contributed by atoms with van der Waals surface area (Å²) in [5.74, 6) is -0.848. The highest BCUT2D eigenvalue weighted by atomic mass is 16.5. The van der Waals surface area contributed by atoms with Gasteiger partial charge in [-0.3, -0.25) is 0 Å². The van der Waals surface area contributed by atoms with E-state index in [0.29, 0.717) is 18.7 Å². The Bertz CT molecular complexity index is 542. The Morgan fingerprint density at radius 2 is 2.14 bits per heavy atom. The maximum absolute atomic E-state index is 11.8. The van der Waals surface area contributed by atoms with E-state index in [1.807, 2.05) is 0 Å². The van der Waals surface area contributed by atoms with Crippen LogP contribution in [0.5, 0.6) is 11.5 Å². The lowest BCUT2D eigenvalue weighted by atomic mass is 10.1. The van der Waals surface area contributed by atoms with E-state index >= 15 is 0 Å². The number of amides is 2. The van der Waals surface area contributed by atoms with E-state index in [0.717, 1.165) is 6.42 Å². The van der Waals surface area contributed by atoms with Gasteiger partial charge in [0.2, 0.25) is 0 Å². The van der Waals surface area contributed by atoms with Crippen molar-refractivity contribution in [2.24, 2.45) is 0 Å². The lowest BCUT2D eigenvalue weighted by Gasteiger charge is -2.32. The first-order valence-electron chi connectivity index (χ1n) is 6.65. The summed E-state index contributed by atoms with van der Waals surface area (Å²) in [6, 6.07) is 3.21. The zero-order chi connectivity index (χ0) is 15.4. The second-order valence-electron chi connectivity index (χ2n) is 4.89. The van der Waals surface area contributed by atoms with Crippen molar-refractivity contribution >= 4 is 12.0 Å². The number of carboxylic acid groups (broad SMARTS) is 1. The number of aliphatic carboxylic acids is 1. The molecule has 1 atom stereocenters. The van der Waals surface area contributed by atoms with E-state index in [9.17, 15) is 19.8 Å². The highest BCUT2D eigenvalue weighted by Crippen LogP contribution is 2.26. The summed E-state index contributed by atoms with van der Waals surface area (Å²) >= 11 is 0. The Morgan fingerprint density at radius 1 is 1.43 bits per heavy atom. The summed E-state index contributed by atoms with van der Waals surface area (Å²) in [4.78, 5) is 24.6. The van der Waals surface area contributed by atoms with Crippen molar-refractivity contribution in [2.45, 2.75) is 18.9 Å². The Balaban J connectivity index is 2.05. The number of carbonyl (C=O) groups is 2. The van der Waals surface area contributed by atoms with Crippen LogP contribution in [0.15, 0.2) is 18.2 Å². The summed E-state index contributed by atoms with van der Waals surface area (Å²) in [5.41, 5.74) is 0.654. The Morgan fingerprint density at radius 3 is 2.67 bits per heavy atom. The normalized spacial score (nSPS) is 15.0. The summed E-state index contributed by atoms with van der Waals surface area (Å²) in [5, 5.41) is 21.2. The second-order valence-corrected chi connectivity index (χ2v) is 4.89. The van der Waals surface area contributed by atoms with Crippen LogP contribution in [0.1, 0.15) is 12.0 Å². The maximum atomic E-state index is 11.8. The third kappa shape index (κ3) is 3.56. The fraction of sp³-hybridized carbons (Fsp3) is 0.429. The van der Waals surface area contributed by atoms with Crippen molar-refractivity contribution in [2.75, 3.05) is 20.2 Å². The zero-order valence-electron chi connectivity index (χ0n) is 11.7. The molecule has 0 aliphatic carbocycles. The van der Waals surface area contributed by atoms with Crippen molar-refractivity contribution in [3.63, 3.8) is 0 Å². The summed E-state index contributed by atoms with van der Waals surface area (Å²) in [6.45, 7) is 1.32. The van der Waals surface area contributed by atoms with Crippen LogP contribution >= 0.6 is 0 Å². The molecule has 1 aromatic rings. The van der Waals surface area contributed by atoms with E-state index in [1.165, 1.54) is 13.2 Å². The fourth-order valence-electron chi connectivity index (χ4n) is 2.04. The highest BCUT2D eigenvalue weighted by molar-refractivity contribution is 5.83. The van der Waals surface area contributed by atoms with Crippen molar-refractivity contribution in [3.05, 3.63) is 23.8 Å². The van der Waals surface area contributed by atoms with Gasteiger partial charge in [0, 0.05) is 19.5 Å². The molecule has 2 rings (SSSR count). The molecule has 21 heavy (non-hydrogen) atoms. The number of ether oxygens (including phenoxy) is 1. The van der Waals surface area contributed by atoms with Gasteiger partial charge in [-0.05, 0) is 24.1 Å². The van der Waals surface area contributed by atoms with Crippen LogP contribution in [0.4, 0.5) is 4.79 Å². The number of hydrogen-bond acceptors (Lipinski definition) is 4. The number of likely N-dealkylation sites (tertiary alicyclic amines) is 1. The first-order chi connectivity index (χ1) is 10.0. The van der Waals surface area contributed by atoms with Gasteiger partial charge in [-0.25, -0.2) is 9.59 Å². The Kier molecular flexibility index (Phi) is 4.52. The first-order valence-corrected chi connectivity index (χ1v) is 6.65. The van der Waals surface area contributed by atoms with Gasteiger partial charge >= 0.3 is 12.0 Å². The molecule has 0 radical (unpaired) electrons. The van der Waals surface area contributed by atoms with E-state index in [-0.39, 0.29) is 24.0 Å². The van der Waals surface area contributed by atoms with Crippen LogP contribution < -0.4 is 10.1 Å². The van der Waals surface area contributed by atoms with E-state index < -0.39 is 12.0 Å². The van der Waals surface area contributed by atoms with Crippen LogP contribution in [-0.2, 0) is 11.2 Å². The van der Waals surface area contributed by atoms with Gasteiger partial charge in [-0.1, -0.05) is 6.07 Å². The number of phenolic OH excluding ortho intramolecular Hbond substituents is 1. The average molecular weight is 294 g/mol. The van der Waals surface area contributed by atoms with Crippen LogP contribution in [-0.4, -0.2) is 53.4 Å². The number of urea groups is 1. The SMILES string of the molecule is COc1cc(CC(NC(=O)N2CCC2)C(=O)O)ccc1O.